The van der Waals surface area contributed by atoms with Gasteiger partial charge in [-0.05, 0) is 12.8 Å². The molecule has 1 aliphatic heterocycles. The average Bonchev–Trinajstić information content (AvgIpc) is 2.65. The van der Waals surface area contributed by atoms with Gasteiger partial charge >= 0.3 is 17.9 Å². The summed E-state index contributed by atoms with van der Waals surface area (Å²) in [6.07, 6.45) is 0.0639. The second-order valence-electron chi connectivity index (χ2n) is 4.60. The van der Waals surface area contributed by atoms with E-state index in [-0.39, 0.29) is 12.1 Å². The van der Waals surface area contributed by atoms with Crippen molar-refractivity contribution in [2.45, 2.75) is 58.5 Å². The lowest BCUT2D eigenvalue weighted by atomic mass is 10.1. The fourth-order valence-electron chi connectivity index (χ4n) is 2.00. The Bertz CT molecular complexity index is 342. The van der Waals surface area contributed by atoms with E-state index in [4.69, 9.17) is 18.9 Å². The predicted octanol–water partition coefficient (Wildman–Crippen LogP) is 0.939. The Kier molecular flexibility index (Phi) is 6.44. The molecule has 7 nitrogen and oxygen atoms in total. The summed E-state index contributed by atoms with van der Waals surface area (Å²) in [5.41, 5.74) is 0. The molecule has 1 heterocycles. The molecule has 1 unspecified atom stereocenters. The Morgan fingerprint density at radius 3 is 2.25 bits per heavy atom. The molecule has 1 rings (SSSR count). The Balaban J connectivity index is 2.40. The van der Waals surface area contributed by atoms with Gasteiger partial charge in [-0.3, -0.25) is 14.4 Å². The summed E-state index contributed by atoms with van der Waals surface area (Å²) in [5, 5.41) is 0. The monoisotopic (exact) mass is 288 g/mol. The van der Waals surface area contributed by atoms with Crippen molar-refractivity contribution < 1.29 is 33.3 Å². The molecule has 0 aromatic carbocycles. The van der Waals surface area contributed by atoms with Crippen molar-refractivity contribution >= 4 is 17.9 Å². The fourth-order valence-corrected chi connectivity index (χ4v) is 2.00. The molecule has 1 fully saturated rings. The van der Waals surface area contributed by atoms with Crippen molar-refractivity contribution in [3.8, 4) is 0 Å². The molecule has 0 radical (unpaired) electrons. The van der Waals surface area contributed by atoms with Gasteiger partial charge in [-0.1, -0.05) is 0 Å². The Morgan fingerprint density at radius 1 is 1.05 bits per heavy atom. The van der Waals surface area contributed by atoms with E-state index in [2.05, 4.69) is 0 Å². The van der Waals surface area contributed by atoms with E-state index in [1.54, 1.807) is 0 Å². The molecule has 0 amide bonds. The lowest BCUT2D eigenvalue weighted by molar-refractivity contribution is -0.194. The van der Waals surface area contributed by atoms with Gasteiger partial charge in [-0.2, -0.15) is 0 Å². The lowest BCUT2D eigenvalue weighted by Crippen LogP contribution is -2.30. The van der Waals surface area contributed by atoms with Crippen LogP contribution in [0.3, 0.4) is 0 Å². The highest BCUT2D eigenvalue weighted by Crippen LogP contribution is 2.27. The number of ether oxygens (including phenoxy) is 4. The summed E-state index contributed by atoms with van der Waals surface area (Å²) in [5.74, 6) is -1.27. The van der Waals surface area contributed by atoms with Crippen molar-refractivity contribution in [3.05, 3.63) is 0 Å². The van der Waals surface area contributed by atoms with Crippen LogP contribution in [0.25, 0.3) is 0 Å². The minimum atomic E-state index is -0.866. The molecule has 0 saturated carbocycles. The highest BCUT2D eigenvalue weighted by molar-refractivity contribution is 5.67. The topological polar surface area (TPSA) is 88.1 Å². The van der Waals surface area contributed by atoms with Gasteiger partial charge in [0.2, 0.25) is 6.29 Å². The van der Waals surface area contributed by atoms with Gasteiger partial charge in [0.15, 0.2) is 6.10 Å². The third kappa shape index (κ3) is 6.01. The van der Waals surface area contributed by atoms with Gasteiger partial charge in [-0.25, -0.2) is 0 Å². The molecule has 0 spiro atoms. The van der Waals surface area contributed by atoms with E-state index in [0.29, 0.717) is 25.9 Å². The number of carbonyl (C=O) groups excluding carboxylic acids is 3. The van der Waals surface area contributed by atoms with E-state index < -0.39 is 24.3 Å². The number of esters is 3. The quantitative estimate of drug-likeness (QED) is 0.408. The summed E-state index contributed by atoms with van der Waals surface area (Å²) in [7, 11) is 0. The van der Waals surface area contributed by atoms with Crippen LogP contribution in [0.4, 0.5) is 0 Å². The first kappa shape index (κ1) is 16.4. The molecule has 0 aromatic rings. The van der Waals surface area contributed by atoms with Crippen molar-refractivity contribution in [2.75, 3.05) is 6.61 Å². The van der Waals surface area contributed by atoms with Crippen LogP contribution in [0.1, 0.15) is 40.0 Å². The number of hydrogen-bond donors (Lipinski definition) is 0. The Morgan fingerprint density at radius 2 is 1.70 bits per heavy atom. The number of carbonyl (C=O) groups is 3. The maximum Gasteiger partial charge on any atom is 0.305 e. The normalized spacial score (nSPS) is 25.1. The zero-order chi connectivity index (χ0) is 15.1. The maximum atomic E-state index is 11.0. The van der Waals surface area contributed by atoms with Crippen LogP contribution >= 0.6 is 0 Å². The van der Waals surface area contributed by atoms with Crippen molar-refractivity contribution in [1.29, 1.82) is 0 Å². The molecule has 20 heavy (non-hydrogen) atoms. The van der Waals surface area contributed by atoms with Crippen LogP contribution < -0.4 is 0 Å². The minimum absolute atomic E-state index is 0.195. The molecule has 1 aliphatic rings. The molecular formula is C13H20O7. The molecule has 0 aliphatic carbocycles. The van der Waals surface area contributed by atoms with Gasteiger partial charge in [-0.15, -0.1) is 0 Å². The number of hydrogen-bond acceptors (Lipinski definition) is 7. The Labute approximate surface area is 117 Å². The summed E-state index contributed by atoms with van der Waals surface area (Å²) >= 11 is 0. The molecule has 0 N–H and O–H groups in total. The third-order valence-electron chi connectivity index (χ3n) is 2.70. The smallest absolute Gasteiger partial charge is 0.305 e. The molecule has 0 bridgehead atoms. The molecule has 114 valence electrons. The van der Waals surface area contributed by atoms with Crippen molar-refractivity contribution in [3.63, 3.8) is 0 Å². The van der Waals surface area contributed by atoms with E-state index >= 15 is 0 Å². The second kappa shape index (κ2) is 7.84. The van der Waals surface area contributed by atoms with Gasteiger partial charge < -0.3 is 18.9 Å². The van der Waals surface area contributed by atoms with Crippen LogP contribution in [0, 0.1) is 0 Å². The van der Waals surface area contributed by atoms with E-state index in [1.807, 2.05) is 0 Å². The van der Waals surface area contributed by atoms with Crippen molar-refractivity contribution in [2.24, 2.45) is 0 Å². The largest absolute Gasteiger partial charge is 0.466 e. The Hall–Kier alpha value is -1.63. The maximum absolute atomic E-state index is 11.0. The van der Waals surface area contributed by atoms with Gasteiger partial charge in [0.25, 0.3) is 0 Å². The van der Waals surface area contributed by atoms with E-state index in [0.717, 1.165) is 0 Å². The van der Waals surface area contributed by atoms with Gasteiger partial charge in [0.1, 0.15) is 0 Å². The van der Waals surface area contributed by atoms with Crippen LogP contribution in [0.2, 0.25) is 0 Å². The average molecular weight is 288 g/mol. The summed E-state index contributed by atoms with van der Waals surface area (Å²) in [6.45, 7) is 4.21. The zero-order valence-electron chi connectivity index (χ0n) is 11.9. The molecule has 0 aromatic heterocycles. The zero-order valence-corrected chi connectivity index (χ0v) is 11.9. The minimum Gasteiger partial charge on any atom is -0.466 e. The summed E-state index contributed by atoms with van der Waals surface area (Å²) in [6, 6.07) is 0. The van der Waals surface area contributed by atoms with E-state index in [9.17, 15) is 14.4 Å². The first-order chi connectivity index (χ1) is 9.38. The lowest BCUT2D eigenvalue weighted by Gasteiger charge is -2.17. The summed E-state index contributed by atoms with van der Waals surface area (Å²) in [4.78, 5) is 32.6. The molecular weight excluding hydrogens is 268 g/mol. The molecule has 3 atom stereocenters. The number of rotatable bonds is 6. The first-order valence-corrected chi connectivity index (χ1v) is 6.51. The highest BCUT2D eigenvalue weighted by Gasteiger charge is 2.39. The highest BCUT2D eigenvalue weighted by atomic mass is 16.7. The van der Waals surface area contributed by atoms with Crippen LogP contribution in [-0.2, 0) is 33.3 Å². The van der Waals surface area contributed by atoms with Crippen LogP contribution in [0.15, 0.2) is 0 Å². The van der Waals surface area contributed by atoms with Crippen LogP contribution in [-0.4, -0.2) is 43.0 Å². The molecule has 7 heteroatoms. The molecule has 1 saturated heterocycles. The second-order valence-corrected chi connectivity index (χ2v) is 4.60. The predicted molar refractivity (Wildman–Crippen MR) is 66.5 cm³/mol. The standard InChI is InChI=1S/C13H20O7/c1-8(14)17-6-4-5-11-7-12(18-9(2)15)13(20-11)19-10(3)16/h11-13H,4-7H2,1-3H3/t11-,12+,13?/m0/s1. The van der Waals surface area contributed by atoms with Crippen molar-refractivity contribution in [1.82, 2.24) is 0 Å². The fraction of sp³-hybridized carbons (Fsp3) is 0.769. The van der Waals surface area contributed by atoms with E-state index in [1.165, 1.54) is 20.8 Å². The van der Waals surface area contributed by atoms with Gasteiger partial charge in [0, 0.05) is 27.2 Å². The SMILES string of the molecule is CC(=O)OCCC[C@H]1C[C@@H](OC(C)=O)C(OC(C)=O)O1. The first-order valence-electron chi connectivity index (χ1n) is 6.51. The summed E-state index contributed by atoms with van der Waals surface area (Å²) < 4.78 is 20.4. The van der Waals surface area contributed by atoms with Crippen LogP contribution in [0.5, 0.6) is 0 Å². The van der Waals surface area contributed by atoms with Gasteiger partial charge in [0.05, 0.1) is 12.7 Å². The third-order valence-corrected chi connectivity index (χ3v) is 2.70.